The zero-order chi connectivity index (χ0) is 15.9. The molecule has 21 heavy (non-hydrogen) atoms. The van der Waals surface area contributed by atoms with E-state index in [-0.39, 0.29) is 10.8 Å². The summed E-state index contributed by atoms with van der Waals surface area (Å²) >= 11 is 0. The van der Waals surface area contributed by atoms with Crippen molar-refractivity contribution in [3.8, 4) is 5.75 Å². The van der Waals surface area contributed by atoms with E-state index in [4.69, 9.17) is 4.74 Å². The van der Waals surface area contributed by atoms with Crippen molar-refractivity contribution in [3.63, 3.8) is 0 Å². The number of nitrogens with one attached hydrogen (secondary N) is 2. The van der Waals surface area contributed by atoms with Gasteiger partial charge in [0.2, 0.25) is 10.0 Å². The van der Waals surface area contributed by atoms with Crippen molar-refractivity contribution in [1.29, 1.82) is 0 Å². The number of sulfonamides is 1. The van der Waals surface area contributed by atoms with Crippen LogP contribution in [0.3, 0.4) is 0 Å². The topological polar surface area (TPSA) is 67.4 Å². The first kappa shape index (κ1) is 17.9. The third-order valence-corrected chi connectivity index (χ3v) is 4.41. The summed E-state index contributed by atoms with van der Waals surface area (Å²) < 4.78 is 32.4. The fraction of sp³-hybridized carbons (Fsp3) is 0.600. The Hall–Kier alpha value is -1.11. The third kappa shape index (κ3) is 5.65. The van der Waals surface area contributed by atoms with Gasteiger partial charge in [0.25, 0.3) is 0 Å². The lowest BCUT2D eigenvalue weighted by Gasteiger charge is -2.13. The molecule has 0 unspecified atom stereocenters. The summed E-state index contributed by atoms with van der Waals surface area (Å²) in [5.74, 6) is 0.963. The maximum Gasteiger partial charge on any atom is 0.240 e. The SMILES string of the molecule is CCCNCc1cc(S(=O)(=O)NCC(C)C)ccc1OC. The van der Waals surface area contributed by atoms with Gasteiger partial charge in [0.15, 0.2) is 0 Å². The lowest BCUT2D eigenvalue weighted by Crippen LogP contribution is -2.27. The Bertz CT molecular complexity index is 542. The molecular formula is C15H26N2O3S. The molecule has 1 aromatic carbocycles. The van der Waals surface area contributed by atoms with E-state index in [9.17, 15) is 8.42 Å². The Kier molecular flexibility index (Phi) is 7.14. The predicted molar refractivity (Wildman–Crippen MR) is 85.0 cm³/mol. The number of benzene rings is 1. The summed E-state index contributed by atoms with van der Waals surface area (Å²) in [4.78, 5) is 0.275. The van der Waals surface area contributed by atoms with Crippen molar-refractivity contribution in [2.24, 2.45) is 5.92 Å². The number of methoxy groups -OCH3 is 1. The van der Waals surface area contributed by atoms with Crippen molar-refractivity contribution >= 4 is 10.0 Å². The standard InChI is InChI=1S/C15H26N2O3S/c1-5-8-16-11-13-9-14(6-7-15(13)20-4)21(18,19)17-10-12(2)3/h6-7,9,12,16-17H,5,8,10-11H2,1-4H3. The first-order valence-corrected chi connectivity index (χ1v) is 8.76. The first-order valence-electron chi connectivity index (χ1n) is 7.28. The molecule has 6 heteroatoms. The minimum Gasteiger partial charge on any atom is -0.496 e. The van der Waals surface area contributed by atoms with Crippen LogP contribution in [0.1, 0.15) is 32.8 Å². The zero-order valence-electron chi connectivity index (χ0n) is 13.3. The molecule has 0 aromatic heterocycles. The molecule has 2 N–H and O–H groups in total. The smallest absolute Gasteiger partial charge is 0.240 e. The molecule has 0 saturated heterocycles. The third-order valence-electron chi connectivity index (χ3n) is 2.99. The normalized spacial score (nSPS) is 11.9. The van der Waals surface area contributed by atoms with E-state index < -0.39 is 10.0 Å². The molecule has 0 saturated carbocycles. The first-order chi connectivity index (χ1) is 9.90. The van der Waals surface area contributed by atoms with E-state index in [2.05, 4.69) is 17.0 Å². The van der Waals surface area contributed by atoms with E-state index >= 15 is 0 Å². The van der Waals surface area contributed by atoms with Crippen LogP contribution >= 0.6 is 0 Å². The highest BCUT2D eigenvalue weighted by atomic mass is 32.2. The molecule has 0 aliphatic rings. The molecule has 0 spiro atoms. The van der Waals surface area contributed by atoms with Crippen LogP contribution in [0.15, 0.2) is 23.1 Å². The van der Waals surface area contributed by atoms with Crippen LogP contribution in [0, 0.1) is 5.92 Å². The molecule has 1 rings (SSSR count). The Labute approximate surface area is 128 Å². The molecule has 0 atom stereocenters. The van der Waals surface area contributed by atoms with Gasteiger partial charge in [-0.15, -0.1) is 0 Å². The minimum absolute atomic E-state index is 0.267. The number of ether oxygens (including phenoxy) is 1. The summed E-state index contributed by atoms with van der Waals surface area (Å²) in [6, 6.07) is 4.95. The van der Waals surface area contributed by atoms with E-state index in [1.807, 2.05) is 13.8 Å². The van der Waals surface area contributed by atoms with Crippen molar-refractivity contribution in [3.05, 3.63) is 23.8 Å². The average Bonchev–Trinajstić information content (AvgIpc) is 2.45. The van der Waals surface area contributed by atoms with Gasteiger partial charge < -0.3 is 10.1 Å². The molecule has 0 radical (unpaired) electrons. The maximum atomic E-state index is 12.2. The second kappa shape index (κ2) is 8.36. The van der Waals surface area contributed by atoms with Crippen LogP contribution in [0.2, 0.25) is 0 Å². The van der Waals surface area contributed by atoms with Gasteiger partial charge in [-0.25, -0.2) is 13.1 Å². The van der Waals surface area contributed by atoms with Crippen molar-refractivity contribution in [2.45, 2.75) is 38.6 Å². The Morgan fingerprint density at radius 1 is 1.29 bits per heavy atom. The van der Waals surface area contributed by atoms with Gasteiger partial charge in [0.05, 0.1) is 12.0 Å². The Morgan fingerprint density at radius 2 is 2.00 bits per heavy atom. The molecule has 5 nitrogen and oxygen atoms in total. The van der Waals surface area contributed by atoms with Crippen LogP contribution in [-0.2, 0) is 16.6 Å². The van der Waals surface area contributed by atoms with Gasteiger partial charge in [0.1, 0.15) is 5.75 Å². The largest absolute Gasteiger partial charge is 0.496 e. The van der Waals surface area contributed by atoms with Crippen LogP contribution in [0.5, 0.6) is 5.75 Å². The highest BCUT2D eigenvalue weighted by Crippen LogP contribution is 2.22. The zero-order valence-corrected chi connectivity index (χ0v) is 14.1. The molecule has 0 heterocycles. The van der Waals surface area contributed by atoms with E-state index in [1.54, 1.807) is 25.3 Å². The monoisotopic (exact) mass is 314 g/mol. The number of hydrogen-bond donors (Lipinski definition) is 2. The summed E-state index contributed by atoms with van der Waals surface area (Å²) in [7, 11) is -1.88. The summed E-state index contributed by atoms with van der Waals surface area (Å²) in [5.41, 5.74) is 0.846. The summed E-state index contributed by atoms with van der Waals surface area (Å²) in [6.45, 7) is 7.92. The van der Waals surface area contributed by atoms with Gasteiger partial charge in [-0.1, -0.05) is 20.8 Å². The number of hydrogen-bond acceptors (Lipinski definition) is 4. The summed E-state index contributed by atoms with van der Waals surface area (Å²) in [6.07, 6.45) is 1.02. The molecule has 0 amide bonds. The Balaban J connectivity index is 2.95. The van der Waals surface area contributed by atoms with Crippen molar-refractivity contribution in [2.75, 3.05) is 20.2 Å². The second-order valence-corrected chi connectivity index (χ2v) is 7.16. The van der Waals surface area contributed by atoms with E-state index in [0.717, 1.165) is 18.5 Å². The van der Waals surface area contributed by atoms with Crippen molar-refractivity contribution in [1.82, 2.24) is 10.0 Å². The molecule has 0 aliphatic heterocycles. The molecule has 0 aliphatic carbocycles. The van der Waals surface area contributed by atoms with Crippen molar-refractivity contribution < 1.29 is 13.2 Å². The summed E-state index contributed by atoms with van der Waals surface area (Å²) in [5, 5.41) is 3.26. The van der Waals surface area contributed by atoms with Crippen LogP contribution in [-0.4, -0.2) is 28.6 Å². The fourth-order valence-electron chi connectivity index (χ4n) is 1.82. The Morgan fingerprint density at radius 3 is 2.57 bits per heavy atom. The molecule has 120 valence electrons. The predicted octanol–water partition coefficient (Wildman–Crippen LogP) is 2.13. The van der Waals surface area contributed by atoms with Gasteiger partial charge in [-0.3, -0.25) is 0 Å². The molecular weight excluding hydrogens is 288 g/mol. The highest BCUT2D eigenvalue weighted by molar-refractivity contribution is 7.89. The highest BCUT2D eigenvalue weighted by Gasteiger charge is 2.16. The van der Waals surface area contributed by atoms with Gasteiger partial charge in [0, 0.05) is 18.7 Å². The fourth-order valence-corrected chi connectivity index (χ4v) is 3.08. The molecule has 0 bridgehead atoms. The molecule has 0 fully saturated rings. The van der Waals surface area contributed by atoms with E-state index in [1.165, 1.54) is 0 Å². The van der Waals surface area contributed by atoms with Crippen LogP contribution in [0.4, 0.5) is 0 Å². The van der Waals surface area contributed by atoms with Crippen LogP contribution in [0.25, 0.3) is 0 Å². The number of rotatable bonds is 9. The maximum absolute atomic E-state index is 12.2. The van der Waals surface area contributed by atoms with Crippen LogP contribution < -0.4 is 14.8 Å². The molecule has 1 aromatic rings. The lowest BCUT2D eigenvalue weighted by molar-refractivity contribution is 0.407. The second-order valence-electron chi connectivity index (χ2n) is 5.40. The quantitative estimate of drug-likeness (QED) is 0.685. The van der Waals surface area contributed by atoms with E-state index in [0.29, 0.717) is 18.8 Å². The van der Waals surface area contributed by atoms with Gasteiger partial charge in [-0.05, 0) is 37.1 Å². The minimum atomic E-state index is -3.47. The van der Waals surface area contributed by atoms with Gasteiger partial charge >= 0.3 is 0 Å². The van der Waals surface area contributed by atoms with Gasteiger partial charge in [-0.2, -0.15) is 0 Å². The average molecular weight is 314 g/mol. The lowest BCUT2D eigenvalue weighted by atomic mass is 10.2.